The summed E-state index contributed by atoms with van der Waals surface area (Å²) in [7, 11) is 0. The average Bonchev–Trinajstić information content (AvgIpc) is 2.82. The smallest absolute Gasteiger partial charge is 0.159 e. The van der Waals surface area contributed by atoms with E-state index >= 15 is 0 Å². The SMILES string of the molecule is CC(=O)[C@H]1CC(C)C2C3=CC(=O)[C@@H]4C[C@@H](O)C(O)C[C@]4(C)C3CC[C@@]21C. The Hall–Kier alpha value is -1.00. The van der Waals surface area contributed by atoms with Gasteiger partial charge in [0.2, 0.25) is 0 Å². The zero-order valence-electron chi connectivity index (χ0n) is 16.4. The fourth-order valence-corrected chi connectivity index (χ4v) is 7.54. The fourth-order valence-electron chi connectivity index (χ4n) is 7.54. The lowest BCUT2D eigenvalue weighted by molar-refractivity contribution is -0.143. The van der Waals surface area contributed by atoms with Crippen LogP contribution in [-0.2, 0) is 9.59 Å². The van der Waals surface area contributed by atoms with Crippen molar-refractivity contribution in [2.45, 2.75) is 72.0 Å². The summed E-state index contributed by atoms with van der Waals surface area (Å²) in [6.45, 7) is 8.34. The Bertz CT molecular complexity index is 682. The van der Waals surface area contributed by atoms with Crippen molar-refractivity contribution in [3.05, 3.63) is 11.6 Å². The molecule has 0 aromatic carbocycles. The molecule has 26 heavy (non-hydrogen) atoms. The molecule has 0 spiro atoms. The molecule has 4 aliphatic carbocycles. The van der Waals surface area contributed by atoms with Gasteiger partial charge in [0.25, 0.3) is 0 Å². The minimum Gasteiger partial charge on any atom is -0.390 e. The second-order valence-corrected chi connectivity index (χ2v) is 10.1. The zero-order valence-corrected chi connectivity index (χ0v) is 16.4. The molecule has 3 fully saturated rings. The van der Waals surface area contributed by atoms with Gasteiger partial charge < -0.3 is 10.2 Å². The minimum atomic E-state index is -0.798. The fraction of sp³-hybridized carbons (Fsp3) is 0.818. The number of hydrogen-bond donors (Lipinski definition) is 2. The Morgan fingerprint density at radius 2 is 1.81 bits per heavy atom. The number of Topliss-reactive ketones (excluding diaryl/α,β-unsaturated/α-hetero) is 1. The first kappa shape index (κ1) is 18.4. The molecular weight excluding hydrogens is 328 g/mol. The van der Waals surface area contributed by atoms with Crippen LogP contribution < -0.4 is 0 Å². The van der Waals surface area contributed by atoms with E-state index in [2.05, 4.69) is 20.8 Å². The summed E-state index contributed by atoms with van der Waals surface area (Å²) in [5.74, 6) is 1.24. The van der Waals surface area contributed by atoms with E-state index < -0.39 is 12.2 Å². The highest BCUT2D eigenvalue weighted by atomic mass is 16.3. The van der Waals surface area contributed by atoms with Crippen LogP contribution in [-0.4, -0.2) is 34.0 Å². The molecule has 4 nitrogen and oxygen atoms in total. The first-order chi connectivity index (χ1) is 12.1. The number of fused-ring (bicyclic) bond motifs is 5. The number of aliphatic hydroxyl groups excluding tert-OH is 2. The lowest BCUT2D eigenvalue weighted by Gasteiger charge is -2.57. The van der Waals surface area contributed by atoms with Gasteiger partial charge >= 0.3 is 0 Å². The molecular formula is C22H32O4. The van der Waals surface area contributed by atoms with E-state index in [1.165, 1.54) is 5.57 Å². The number of hydrogen-bond acceptors (Lipinski definition) is 4. The summed E-state index contributed by atoms with van der Waals surface area (Å²) in [5, 5.41) is 20.5. The summed E-state index contributed by atoms with van der Waals surface area (Å²) < 4.78 is 0. The molecule has 144 valence electrons. The van der Waals surface area contributed by atoms with Crippen molar-refractivity contribution < 1.29 is 19.8 Å². The lowest BCUT2D eigenvalue weighted by atomic mass is 9.47. The van der Waals surface area contributed by atoms with Crippen molar-refractivity contribution in [3.63, 3.8) is 0 Å². The zero-order chi connectivity index (χ0) is 19.0. The molecule has 4 rings (SSSR count). The van der Waals surface area contributed by atoms with Gasteiger partial charge in [0.15, 0.2) is 5.78 Å². The van der Waals surface area contributed by atoms with Crippen LogP contribution in [0.15, 0.2) is 11.6 Å². The predicted molar refractivity (Wildman–Crippen MR) is 98.2 cm³/mol. The second-order valence-electron chi connectivity index (χ2n) is 10.1. The number of aliphatic hydroxyl groups is 2. The number of carbonyl (C=O) groups is 2. The Morgan fingerprint density at radius 1 is 1.12 bits per heavy atom. The molecule has 0 aromatic rings. The molecule has 4 heteroatoms. The number of carbonyl (C=O) groups excluding carboxylic acids is 2. The predicted octanol–water partition coefficient (Wildman–Crippen LogP) is 2.91. The molecule has 2 N–H and O–H groups in total. The maximum atomic E-state index is 13.0. The highest BCUT2D eigenvalue weighted by molar-refractivity contribution is 5.94. The van der Waals surface area contributed by atoms with Gasteiger partial charge in [-0.05, 0) is 73.7 Å². The van der Waals surface area contributed by atoms with Crippen LogP contribution in [0, 0.1) is 40.4 Å². The van der Waals surface area contributed by atoms with Crippen molar-refractivity contribution >= 4 is 11.6 Å². The summed E-state index contributed by atoms with van der Waals surface area (Å²) in [6.07, 6.45) is 4.07. The first-order valence-electron chi connectivity index (χ1n) is 10.2. The van der Waals surface area contributed by atoms with Crippen LogP contribution in [0.4, 0.5) is 0 Å². The quantitative estimate of drug-likeness (QED) is 0.754. The molecule has 0 heterocycles. The minimum absolute atomic E-state index is 0.0517. The molecule has 4 aliphatic rings. The van der Waals surface area contributed by atoms with Crippen molar-refractivity contribution in [3.8, 4) is 0 Å². The van der Waals surface area contributed by atoms with Crippen molar-refractivity contribution in [2.24, 2.45) is 40.4 Å². The Kier molecular flexibility index (Phi) is 4.06. The maximum absolute atomic E-state index is 13.0. The molecule has 0 bridgehead atoms. The van der Waals surface area contributed by atoms with Gasteiger partial charge in [-0.25, -0.2) is 0 Å². The highest BCUT2D eigenvalue weighted by Crippen LogP contribution is 2.66. The number of rotatable bonds is 1. The highest BCUT2D eigenvalue weighted by Gasteiger charge is 2.62. The van der Waals surface area contributed by atoms with Gasteiger partial charge in [0, 0.05) is 11.8 Å². The third kappa shape index (κ3) is 2.27. The normalized spacial score (nSPS) is 53.4. The maximum Gasteiger partial charge on any atom is 0.159 e. The van der Waals surface area contributed by atoms with Gasteiger partial charge in [-0.1, -0.05) is 26.3 Å². The third-order valence-electron chi connectivity index (χ3n) is 8.72. The summed E-state index contributed by atoms with van der Waals surface area (Å²) in [6, 6.07) is 0. The van der Waals surface area contributed by atoms with Crippen LogP contribution in [0.25, 0.3) is 0 Å². The van der Waals surface area contributed by atoms with E-state index in [9.17, 15) is 19.8 Å². The molecule has 0 radical (unpaired) electrons. The van der Waals surface area contributed by atoms with Crippen LogP contribution in [0.2, 0.25) is 0 Å². The van der Waals surface area contributed by atoms with Crippen molar-refractivity contribution in [1.82, 2.24) is 0 Å². The monoisotopic (exact) mass is 360 g/mol. The Labute approximate surface area is 156 Å². The Balaban J connectivity index is 1.77. The molecule has 9 atom stereocenters. The van der Waals surface area contributed by atoms with E-state index in [0.717, 1.165) is 19.3 Å². The number of ketones is 2. The van der Waals surface area contributed by atoms with Gasteiger partial charge in [0.05, 0.1) is 12.2 Å². The molecule has 0 saturated heterocycles. The van der Waals surface area contributed by atoms with Crippen molar-refractivity contribution in [1.29, 1.82) is 0 Å². The summed E-state index contributed by atoms with van der Waals surface area (Å²) in [5.41, 5.74) is 0.904. The van der Waals surface area contributed by atoms with E-state index in [4.69, 9.17) is 0 Å². The second kappa shape index (κ2) is 5.75. The largest absolute Gasteiger partial charge is 0.390 e. The molecule has 0 amide bonds. The summed E-state index contributed by atoms with van der Waals surface area (Å²) in [4.78, 5) is 25.3. The van der Waals surface area contributed by atoms with E-state index in [1.54, 1.807) is 6.92 Å². The van der Waals surface area contributed by atoms with E-state index in [0.29, 0.717) is 18.8 Å². The standard InChI is InChI=1S/C22H32O4/c1-11-7-15(12(2)23)21(3)6-5-14-13(20(11)21)8-17(24)16-9-18(25)19(26)10-22(14,16)4/h8,11,14-16,18-20,25-26H,5-7,9-10H2,1-4H3/t11?,14?,15-,16+,18-,19?,20?,21-,22-/m1/s1. The van der Waals surface area contributed by atoms with Gasteiger partial charge in [-0.15, -0.1) is 0 Å². The first-order valence-corrected chi connectivity index (χ1v) is 10.2. The molecule has 0 aromatic heterocycles. The van der Waals surface area contributed by atoms with Crippen molar-refractivity contribution in [2.75, 3.05) is 0 Å². The number of allylic oxidation sites excluding steroid dienone is 2. The van der Waals surface area contributed by atoms with Crippen LogP contribution in [0.1, 0.15) is 59.8 Å². The van der Waals surface area contributed by atoms with Gasteiger partial charge in [0.1, 0.15) is 5.78 Å². The van der Waals surface area contributed by atoms with Crippen LogP contribution >= 0.6 is 0 Å². The van der Waals surface area contributed by atoms with Crippen LogP contribution in [0.3, 0.4) is 0 Å². The Morgan fingerprint density at radius 3 is 2.46 bits per heavy atom. The van der Waals surface area contributed by atoms with Crippen LogP contribution in [0.5, 0.6) is 0 Å². The summed E-state index contributed by atoms with van der Waals surface area (Å²) >= 11 is 0. The molecule has 3 saturated carbocycles. The topological polar surface area (TPSA) is 74.6 Å². The van der Waals surface area contributed by atoms with Gasteiger partial charge in [-0.2, -0.15) is 0 Å². The molecule has 0 aliphatic heterocycles. The van der Waals surface area contributed by atoms with E-state index in [-0.39, 0.29) is 46.1 Å². The van der Waals surface area contributed by atoms with Gasteiger partial charge in [-0.3, -0.25) is 9.59 Å². The molecule has 4 unspecified atom stereocenters. The van der Waals surface area contributed by atoms with E-state index in [1.807, 2.05) is 6.08 Å². The third-order valence-corrected chi connectivity index (χ3v) is 8.72. The average molecular weight is 360 g/mol. The lowest BCUT2D eigenvalue weighted by Crippen LogP contribution is -2.56.